The molecule has 0 aliphatic carbocycles. The van der Waals surface area contributed by atoms with Crippen LogP contribution in [-0.4, -0.2) is 19.2 Å². The average molecular weight is 252 g/mol. The van der Waals surface area contributed by atoms with E-state index < -0.39 is 12.1 Å². The normalized spacial score (nSPS) is 11.4. The van der Waals surface area contributed by atoms with Gasteiger partial charge in [-0.3, -0.25) is 5.43 Å². The van der Waals surface area contributed by atoms with E-state index in [1.165, 1.54) is 7.05 Å². The van der Waals surface area contributed by atoms with Gasteiger partial charge in [-0.25, -0.2) is 15.0 Å². The molecule has 98 valence electrons. The Morgan fingerprint density at radius 2 is 1.89 bits per heavy atom. The number of nitrogens with two attached hydrogens (primary N) is 1. The van der Waals surface area contributed by atoms with Crippen LogP contribution in [0.1, 0.15) is 18.5 Å². The Morgan fingerprint density at radius 3 is 2.39 bits per heavy atom. The number of carbonyl (C=O) groups excluding carboxylic acids is 2. The lowest BCUT2D eigenvalue weighted by Crippen LogP contribution is -2.42. The highest BCUT2D eigenvalue weighted by Crippen LogP contribution is 2.17. The zero-order valence-corrected chi connectivity index (χ0v) is 10.2. The van der Waals surface area contributed by atoms with Crippen LogP contribution in [0.5, 0.6) is 5.75 Å². The minimum absolute atomic E-state index is 0.119. The molecule has 3 amide bonds. The summed E-state index contributed by atoms with van der Waals surface area (Å²) in [6, 6.07) is 6.10. The SMILES string of the molecule is CNC(=O)Oc1ccc(C(C)NNC(N)=O)cc1. The van der Waals surface area contributed by atoms with Gasteiger partial charge in [-0.05, 0) is 24.6 Å². The van der Waals surface area contributed by atoms with Gasteiger partial charge in [0.05, 0.1) is 0 Å². The fourth-order valence-electron chi connectivity index (χ4n) is 1.25. The van der Waals surface area contributed by atoms with Gasteiger partial charge in [0, 0.05) is 13.1 Å². The van der Waals surface area contributed by atoms with E-state index in [0.29, 0.717) is 5.75 Å². The van der Waals surface area contributed by atoms with Crippen LogP contribution in [0, 0.1) is 0 Å². The molecular weight excluding hydrogens is 236 g/mol. The molecule has 0 saturated carbocycles. The Kier molecular flexibility index (Phi) is 4.94. The van der Waals surface area contributed by atoms with Gasteiger partial charge in [0.15, 0.2) is 0 Å². The summed E-state index contributed by atoms with van der Waals surface area (Å²) < 4.78 is 4.94. The number of hydrogen-bond donors (Lipinski definition) is 4. The zero-order chi connectivity index (χ0) is 13.5. The van der Waals surface area contributed by atoms with Crippen molar-refractivity contribution in [1.29, 1.82) is 0 Å². The van der Waals surface area contributed by atoms with Gasteiger partial charge < -0.3 is 15.8 Å². The smallest absolute Gasteiger partial charge is 0.410 e. The summed E-state index contributed by atoms with van der Waals surface area (Å²) in [6.07, 6.45) is -0.524. The lowest BCUT2D eigenvalue weighted by molar-refractivity contribution is 0.203. The van der Waals surface area contributed by atoms with Crippen molar-refractivity contribution in [3.8, 4) is 5.75 Å². The van der Waals surface area contributed by atoms with Gasteiger partial charge >= 0.3 is 12.1 Å². The first-order valence-corrected chi connectivity index (χ1v) is 5.33. The van der Waals surface area contributed by atoms with Crippen LogP contribution >= 0.6 is 0 Å². The Morgan fingerprint density at radius 1 is 1.28 bits per heavy atom. The molecule has 5 N–H and O–H groups in total. The predicted molar refractivity (Wildman–Crippen MR) is 65.8 cm³/mol. The molecule has 0 spiro atoms. The van der Waals surface area contributed by atoms with Gasteiger partial charge in [-0.2, -0.15) is 0 Å². The van der Waals surface area contributed by atoms with E-state index in [9.17, 15) is 9.59 Å². The number of amides is 3. The van der Waals surface area contributed by atoms with Crippen LogP contribution in [0.15, 0.2) is 24.3 Å². The highest BCUT2D eigenvalue weighted by Gasteiger charge is 2.06. The topological polar surface area (TPSA) is 105 Å². The van der Waals surface area contributed by atoms with Crippen molar-refractivity contribution in [2.24, 2.45) is 5.73 Å². The van der Waals surface area contributed by atoms with Crippen molar-refractivity contribution in [2.45, 2.75) is 13.0 Å². The van der Waals surface area contributed by atoms with Crippen molar-refractivity contribution in [3.05, 3.63) is 29.8 Å². The molecule has 0 heterocycles. The minimum Gasteiger partial charge on any atom is -0.410 e. The van der Waals surface area contributed by atoms with Crippen molar-refractivity contribution in [2.75, 3.05) is 7.05 Å². The molecule has 7 nitrogen and oxygen atoms in total. The third-order valence-corrected chi connectivity index (χ3v) is 2.21. The third-order valence-electron chi connectivity index (χ3n) is 2.21. The number of benzene rings is 1. The lowest BCUT2D eigenvalue weighted by Gasteiger charge is -2.14. The number of carbonyl (C=O) groups is 2. The highest BCUT2D eigenvalue weighted by atomic mass is 16.5. The molecule has 1 aromatic carbocycles. The van der Waals surface area contributed by atoms with E-state index in [4.69, 9.17) is 10.5 Å². The molecule has 1 atom stereocenters. The summed E-state index contributed by atoms with van der Waals surface area (Å²) in [4.78, 5) is 21.5. The maximum Gasteiger partial charge on any atom is 0.412 e. The number of hydrogen-bond acceptors (Lipinski definition) is 4. The largest absolute Gasteiger partial charge is 0.412 e. The van der Waals surface area contributed by atoms with Crippen LogP contribution < -0.4 is 26.6 Å². The summed E-state index contributed by atoms with van der Waals surface area (Å²) >= 11 is 0. The highest BCUT2D eigenvalue weighted by molar-refractivity contribution is 5.71. The fourth-order valence-corrected chi connectivity index (χ4v) is 1.25. The molecule has 0 radical (unpaired) electrons. The second-order valence-corrected chi connectivity index (χ2v) is 3.56. The fraction of sp³-hybridized carbons (Fsp3) is 0.273. The molecule has 1 aromatic rings. The molecule has 0 aromatic heterocycles. The standard InChI is InChI=1S/C11H16N4O3/c1-7(14-15-10(12)16)8-3-5-9(6-4-8)18-11(17)13-2/h3-7,14H,1-2H3,(H,13,17)(H3,12,15,16). The summed E-state index contributed by atoms with van der Waals surface area (Å²) in [5.74, 6) is 0.438. The van der Waals surface area contributed by atoms with Crippen LogP contribution in [0.25, 0.3) is 0 Å². The van der Waals surface area contributed by atoms with Gasteiger partial charge in [-0.15, -0.1) is 0 Å². The first kappa shape index (κ1) is 13.8. The van der Waals surface area contributed by atoms with E-state index in [0.717, 1.165) is 5.56 Å². The molecule has 0 saturated heterocycles. The first-order valence-electron chi connectivity index (χ1n) is 5.33. The van der Waals surface area contributed by atoms with E-state index >= 15 is 0 Å². The number of ether oxygens (including phenoxy) is 1. The summed E-state index contributed by atoms with van der Waals surface area (Å²) in [5.41, 5.74) is 10.9. The molecule has 1 rings (SSSR count). The van der Waals surface area contributed by atoms with Crippen molar-refractivity contribution >= 4 is 12.1 Å². The van der Waals surface area contributed by atoms with E-state index in [-0.39, 0.29) is 6.04 Å². The molecule has 18 heavy (non-hydrogen) atoms. The Hall–Kier alpha value is -2.28. The minimum atomic E-state index is -0.651. The number of urea groups is 1. The second kappa shape index (κ2) is 6.45. The van der Waals surface area contributed by atoms with Gasteiger partial charge in [0.25, 0.3) is 0 Å². The lowest BCUT2D eigenvalue weighted by atomic mass is 10.1. The van der Waals surface area contributed by atoms with Crippen molar-refractivity contribution in [1.82, 2.24) is 16.2 Å². The molecule has 7 heteroatoms. The summed E-state index contributed by atoms with van der Waals surface area (Å²) in [6.45, 7) is 1.85. The maximum absolute atomic E-state index is 11.0. The number of nitrogens with one attached hydrogen (secondary N) is 3. The van der Waals surface area contributed by atoms with Gasteiger partial charge in [0.1, 0.15) is 5.75 Å². The quantitative estimate of drug-likeness (QED) is 0.590. The van der Waals surface area contributed by atoms with Crippen LogP contribution in [0.4, 0.5) is 9.59 Å². The zero-order valence-electron chi connectivity index (χ0n) is 10.2. The Bertz CT molecular complexity index is 419. The van der Waals surface area contributed by atoms with Crippen molar-refractivity contribution < 1.29 is 14.3 Å². The van der Waals surface area contributed by atoms with E-state index in [1.54, 1.807) is 24.3 Å². The Labute approximate surface area is 105 Å². The summed E-state index contributed by atoms with van der Waals surface area (Å²) in [7, 11) is 1.48. The van der Waals surface area contributed by atoms with Gasteiger partial charge in [0.2, 0.25) is 0 Å². The molecule has 0 bridgehead atoms. The Balaban J connectivity index is 2.58. The molecular formula is C11H16N4O3. The second-order valence-electron chi connectivity index (χ2n) is 3.56. The molecule has 1 unspecified atom stereocenters. The number of primary amides is 1. The molecule has 0 fully saturated rings. The molecule has 0 aliphatic rings. The summed E-state index contributed by atoms with van der Waals surface area (Å²) in [5, 5.41) is 2.35. The number of hydrazine groups is 1. The van der Waals surface area contributed by atoms with Crippen LogP contribution in [0.3, 0.4) is 0 Å². The molecule has 0 aliphatic heterocycles. The number of rotatable bonds is 4. The van der Waals surface area contributed by atoms with Crippen molar-refractivity contribution in [3.63, 3.8) is 0 Å². The maximum atomic E-state index is 11.0. The monoisotopic (exact) mass is 252 g/mol. The van der Waals surface area contributed by atoms with E-state index in [2.05, 4.69) is 16.2 Å². The first-order chi connectivity index (χ1) is 8.52. The van der Waals surface area contributed by atoms with E-state index in [1.807, 2.05) is 6.92 Å². The van der Waals surface area contributed by atoms with Gasteiger partial charge in [-0.1, -0.05) is 12.1 Å². The van der Waals surface area contributed by atoms with Crippen LogP contribution in [0.2, 0.25) is 0 Å². The third kappa shape index (κ3) is 4.30. The average Bonchev–Trinajstić information content (AvgIpc) is 2.36. The van der Waals surface area contributed by atoms with Crippen LogP contribution in [-0.2, 0) is 0 Å². The predicted octanol–water partition coefficient (Wildman–Crippen LogP) is 0.639.